The van der Waals surface area contributed by atoms with E-state index in [0.717, 1.165) is 23.4 Å². The fourth-order valence-corrected chi connectivity index (χ4v) is 5.05. The number of amides is 3. The van der Waals surface area contributed by atoms with Gasteiger partial charge in [-0.3, -0.25) is 19.3 Å². The first-order chi connectivity index (χ1) is 12.1. The van der Waals surface area contributed by atoms with Gasteiger partial charge in [-0.1, -0.05) is 20.8 Å². The van der Waals surface area contributed by atoms with Crippen LogP contribution in [0.25, 0.3) is 0 Å². The summed E-state index contributed by atoms with van der Waals surface area (Å²) in [5.41, 5.74) is 0.139. The molecule has 2 heterocycles. The number of nitrogens with one attached hydrogen (secondary N) is 1. The third kappa shape index (κ3) is 2.86. The molecule has 1 N–H and O–H groups in total. The Morgan fingerprint density at radius 2 is 2.00 bits per heavy atom. The molecule has 2 unspecified atom stereocenters. The van der Waals surface area contributed by atoms with Gasteiger partial charge in [0.25, 0.3) is 0 Å². The maximum Gasteiger partial charge on any atom is 0.235 e. The van der Waals surface area contributed by atoms with Crippen molar-refractivity contribution in [3.8, 4) is 0 Å². The standard InChI is InChI=1S/C19H27N3O3S/c1-11-12(2)26-17(20-11)21-14(23)7-6-10-22-15(24)13-8-9-19(5,16(22)25)18(13,3)4/h13H,6-10H2,1-5H3,(H,20,21,23). The van der Waals surface area contributed by atoms with Crippen LogP contribution < -0.4 is 5.32 Å². The molecule has 0 aromatic carbocycles. The van der Waals surface area contributed by atoms with Crippen molar-refractivity contribution in [2.75, 3.05) is 11.9 Å². The molecule has 2 fully saturated rings. The topological polar surface area (TPSA) is 79.4 Å². The predicted octanol–water partition coefficient (Wildman–Crippen LogP) is 3.29. The molecule has 0 radical (unpaired) electrons. The Kier molecular flexibility index (Phi) is 4.71. The van der Waals surface area contributed by atoms with Crippen molar-refractivity contribution in [3.63, 3.8) is 0 Å². The molecule has 2 aliphatic rings. The molecule has 3 rings (SSSR count). The number of aromatic nitrogens is 1. The highest BCUT2D eigenvalue weighted by molar-refractivity contribution is 7.15. The van der Waals surface area contributed by atoms with Crippen LogP contribution in [0.4, 0.5) is 5.13 Å². The second kappa shape index (κ2) is 6.44. The molecule has 0 spiro atoms. The molecule has 1 saturated carbocycles. The number of anilines is 1. The van der Waals surface area contributed by atoms with E-state index in [4.69, 9.17) is 0 Å². The number of aryl methyl sites for hydroxylation is 2. The zero-order valence-corrected chi connectivity index (χ0v) is 17.0. The smallest absolute Gasteiger partial charge is 0.235 e. The van der Waals surface area contributed by atoms with Crippen molar-refractivity contribution in [2.45, 2.75) is 60.3 Å². The Labute approximate surface area is 158 Å². The third-order valence-electron chi connectivity index (χ3n) is 6.57. The lowest BCUT2D eigenvalue weighted by Crippen LogP contribution is -2.59. The molecule has 26 heavy (non-hydrogen) atoms. The van der Waals surface area contributed by atoms with Crippen LogP contribution in [0.5, 0.6) is 0 Å². The van der Waals surface area contributed by atoms with Gasteiger partial charge in [0.2, 0.25) is 17.7 Å². The molecule has 1 aromatic rings. The molecule has 2 atom stereocenters. The molecular weight excluding hydrogens is 350 g/mol. The van der Waals surface area contributed by atoms with Crippen LogP contribution in [0.15, 0.2) is 0 Å². The average Bonchev–Trinajstić information content (AvgIpc) is 2.95. The summed E-state index contributed by atoms with van der Waals surface area (Å²) >= 11 is 1.45. The number of likely N-dealkylation sites (tertiary alicyclic amines) is 1. The van der Waals surface area contributed by atoms with Crippen molar-refractivity contribution in [3.05, 3.63) is 10.6 Å². The summed E-state index contributed by atoms with van der Waals surface area (Å²) in [5.74, 6) is -0.375. The third-order valence-corrected chi connectivity index (χ3v) is 7.56. The molecule has 2 bridgehead atoms. The summed E-state index contributed by atoms with van der Waals surface area (Å²) in [6, 6.07) is 0. The number of hydrogen-bond donors (Lipinski definition) is 1. The Hall–Kier alpha value is -1.76. The number of thiazole rings is 1. The van der Waals surface area contributed by atoms with Crippen LogP contribution in [0, 0.1) is 30.6 Å². The van der Waals surface area contributed by atoms with Gasteiger partial charge in [-0.05, 0) is 38.5 Å². The number of piperidine rings is 1. The van der Waals surface area contributed by atoms with Crippen molar-refractivity contribution >= 4 is 34.2 Å². The fourth-order valence-electron chi connectivity index (χ4n) is 4.22. The maximum atomic E-state index is 12.9. The number of carbonyl (C=O) groups excluding carboxylic acids is 3. The van der Waals surface area contributed by atoms with E-state index < -0.39 is 5.41 Å². The van der Waals surface area contributed by atoms with E-state index in [2.05, 4.69) is 10.3 Å². The normalized spacial score (nSPS) is 27.1. The SMILES string of the molecule is Cc1nc(NC(=O)CCCN2C(=O)C3CCC(C)(C2=O)C3(C)C)sc1C. The van der Waals surface area contributed by atoms with Crippen LogP contribution in [-0.4, -0.2) is 34.2 Å². The van der Waals surface area contributed by atoms with Crippen LogP contribution in [0.1, 0.15) is 57.0 Å². The number of nitrogens with zero attached hydrogens (tertiary/aromatic N) is 2. The monoisotopic (exact) mass is 377 g/mol. The highest BCUT2D eigenvalue weighted by Gasteiger charge is 2.64. The molecular formula is C19H27N3O3S. The van der Waals surface area contributed by atoms with E-state index in [1.807, 2.05) is 34.6 Å². The van der Waals surface area contributed by atoms with Gasteiger partial charge in [0, 0.05) is 23.8 Å². The molecule has 1 aliphatic carbocycles. The lowest BCUT2D eigenvalue weighted by atomic mass is 9.62. The van der Waals surface area contributed by atoms with Crippen LogP contribution in [0.3, 0.4) is 0 Å². The van der Waals surface area contributed by atoms with Crippen molar-refractivity contribution in [1.82, 2.24) is 9.88 Å². The number of carbonyl (C=O) groups is 3. The predicted molar refractivity (Wildman–Crippen MR) is 101 cm³/mol. The van der Waals surface area contributed by atoms with Crippen LogP contribution >= 0.6 is 11.3 Å². The largest absolute Gasteiger partial charge is 0.302 e. The van der Waals surface area contributed by atoms with E-state index >= 15 is 0 Å². The Morgan fingerprint density at radius 3 is 2.62 bits per heavy atom. The molecule has 3 amide bonds. The fraction of sp³-hybridized carbons (Fsp3) is 0.684. The summed E-state index contributed by atoms with van der Waals surface area (Å²) in [7, 11) is 0. The molecule has 142 valence electrons. The zero-order chi connectivity index (χ0) is 19.3. The molecule has 6 nitrogen and oxygen atoms in total. The summed E-state index contributed by atoms with van der Waals surface area (Å²) < 4.78 is 0. The lowest BCUT2D eigenvalue weighted by Gasteiger charge is -2.47. The Bertz CT molecular complexity index is 751. The van der Waals surface area contributed by atoms with Crippen molar-refractivity contribution in [1.29, 1.82) is 0 Å². The van der Waals surface area contributed by atoms with Gasteiger partial charge in [-0.25, -0.2) is 4.98 Å². The number of hydrogen-bond acceptors (Lipinski definition) is 5. The van der Waals surface area contributed by atoms with Gasteiger partial charge >= 0.3 is 0 Å². The van der Waals surface area contributed by atoms with Crippen molar-refractivity contribution in [2.24, 2.45) is 16.7 Å². The van der Waals surface area contributed by atoms with Crippen LogP contribution in [0.2, 0.25) is 0 Å². The van der Waals surface area contributed by atoms with Gasteiger partial charge in [-0.2, -0.15) is 0 Å². The minimum Gasteiger partial charge on any atom is -0.302 e. The summed E-state index contributed by atoms with van der Waals surface area (Å²) in [6.45, 7) is 10.2. The van der Waals surface area contributed by atoms with Gasteiger partial charge in [-0.15, -0.1) is 11.3 Å². The highest BCUT2D eigenvalue weighted by Crippen LogP contribution is 2.60. The molecule has 7 heteroatoms. The van der Waals surface area contributed by atoms with Gasteiger partial charge in [0.05, 0.1) is 11.1 Å². The zero-order valence-electron chi connectivity index (χ0n) is 16.1. The van der Waals surface area contributed by atoms with E-state index in [1.165, 1.54) is 16.2 Å². The number of imide groups is 1. The van der Waals surface area contributed by atoms with Gasteiger partial charge in [0.15, 0.2) is 5.13 Å². The first-order valence-corrected chi connectivity index (χ1v) is 9.99. The van der Waals surface area contributed by atoms with Gasteiger partial charge in [0.1, 0.15) is 0 Å². The van der Waals surface area contributed by atoms with E-state index in [9.17, 15) is 14.4 Å². The Morgan fingerprint density at radius 1 is 1.31 bits per heavy atom. The second-order valence-electron chi connectivity index (χ2n) is 8.25. The minimum absolute atomic E-state index is 0.0680. The van der Waals surface area contributed by atoms with E-state index in [0.29, 0.717) is 18.1 Å². The quantitative estimate of drug-likeness (QED) is 0.799. The minimum atomic E-state index is -0.482. The lowest BCUT2D eigenvalue weighted by molar-refractivity contribution is -0.168. The summed E-state index contributed by atoms with van der Waals surface area (Å²) in [4.78, 5) is 44.6. The first kappa shape index (κ1) is 19.0. The molecule has 1 aliphatic heterocycles. The maximum absolute atomic E-state index is 12.9. The van der Waals surface area contributed by atoms with Crippen molar-refractivity contribution < 1.29 is 14.4 Å². The number of rotatable bonds is 5. The van der Waals surface area contributed by atoms with Crippen LogP contribution in [-0.2, 0) is 14.4 Å². The molecule has 1 aromatic heterocycles. The average molecular weight is 378 g/mol. The number of fused-ring (bicyclic) bond motifs is 2. The van der Waals surface area contributed by atoms with E-state index in [-0.39, 0.29) is 35.5 Å². The Balaban J connectivity index is 1.57. The van der Waals surface area contributed by atoms with Gasteiger partial charge < -0.3 is 5.32 Å². The van der Waals surface area contributed by atoms with E-state index in [1.54, 1.807) is 0 Å². The summed E-state index contributed by atoms with van der Waals surface area (Å²) in [5, 5.41) is 3.39. The highest BCUT2D eigenvalue weighted by atomic mass is 32.1. The first-order valence-electron chi connectivity index (χ1n) is 9.17. The second-order valence-corrected chi connectivity index (χ2v) is 9.46. The molecule has 1 saturated heterocycles. The summed E-state index contributed by atoms with van der Waals surface area (Å²) in [6.07, 6.45) is 2.26.